The average molecular weight is 319 g/mol. The lowest BCUT2D eigenvalue weighted by molar-refractivity contribution is 0.879. The van der Waals surface area contributed by atoms with Crippen LogP contribution in [-0.4, -0.2) is 34.6 Å². The largest absolute Gasteiger partial charge is 0.349 e. The summed E-state index contributed by atoms with van der Waals surface area (Å²) in [5, 5.41) is 3.24. The highest BCUT2D eigenvalue weighted by atomic mass is 79.9. The Hall–Kier alpha value is -0.880. The summed E-state index contributed by atoms with van der Waals surface area (Å²) in [6, 6.07) is 0. The van der Waals surface area contributed by atoms with Gasteiger partial charge < -0.3 is 10.2 Å². The van der Waals surface area contributed by atoms with Gasteiger partial charge in [-0.05, 0) is 24.4 Å². The number of hydrogen-bond acceptors (Lipinski definition) is 5. The standard InChI is InChI=1S/C10H13BrClN5/c1-7(11)6-13-9-14-8(12)15-10(16-9)17-4-2-3-5-17/h1-6H2,(H,13,14,15,16). The minimum Gasteiger partial charge on any atom is -0.349 e. The molecule has 5 nitrogen and oxygen atoms in total. The molecule has 1 fully saturated rings. The van der Waals surface area contributed by atoms with Gasteiger partial charge in [0.1, 0.15) is 0 Å². The molecule has 0 unspecified atom stereocenters. The van der Waals surface area contributed by atoms with E-state index >= 15 is 0 Å². The molecular weight excluding hydrogens is 306 g/mol. The highest BCUT2D eigenvalue weighted by Gasteiger charge is 2.16. The second kappa shape index (κ2) is 5.64. The van der Waals surface area contributed by atoms with Gasteiger partial charge in [0.25, 0.3) is 0 Å². The van der Waals surface area contributed by atoms with Gasteiger partial charge in [-0.3, -0.25) is 0 Å². The molecule has 0 spiro atoms. The molecular formula is C10H13BrClN5. The summed E-state index contributed by atoms with van der Waals surface area (Å²) in [5.41, 5.74) is 0. The van der Waals surface area contributed by atoms with Crippen molar-refractivity contribution in [2.24, 2.45) is 0 Å². The van der Waals surface area contributed by atoms with Gasteiger partial charge in [0.15, 0.2) is 0 Å². The van der Waals surface area contributed by atoms with Crippen LogP contribution in [0.3, 0.4) is 0 Å². The van der Waals surface area contributed by atoms with Crippen LogP contribution in [0.5, 0.6) is 0 Å². The van der Waals surface area contributed by atoms with E-state index in [1.807, 2.05) is 0 Å². The van der Waals surface area contributed by atoms with Gasteiger partial charge in [0.05, 0.1) is 0 Å². The molecule has 1 aromatic heterocycles. The van der Waals surface area contributed by atoms with E-state index in [1.54, 1.807) is 0 Å². The minimum atomic E-state index is 0.213. The van der Waals surface area contributed by atoms with Crippen molar-refractivity contribution < 1.29 is 0 Å². The maximum absolute atomic E-state index is 5.88. The van der Waals surface area contributed by atoms with Gasteiger partial charge in [-0.25, -0.2) is 0 Å². The van der Waals surface area contributed by atoms with Crippen LogP contribution in [0.1, 0.15) is 12.8 Å². The normalized spacial score (nSPS) is 15.1. The fourth-order valence-electron chi connectivity index (χ4n) is 1.65. The van der Waals surface area contributed by atoms with E-state index in [-0.39, 0.29) is 5.28 Å². The van der Waals surface area contributed by atoms with Crippen molar-refractivity contribution in [1.29, 1.82) is 0 Å². The van der Waals surface area contributed by atoms with E-state index in [2.05, 4.69) is 47.7 Å². The Labute approximate surface area is 113 Å². The summed E-state index contributed by atoms with van der Waals surface area (Å²) >= 11 is 9.14. The Kier molecular flexibility index (Phi) is 4.17. The van der Waals surface area contributed by atoms with Crippen LogP contribution in [-0.2, 0) is 0 Å². The number of aromatic nitrogens is 3. The van der Waals surface area contributed by atoms with Crippen molar-refractivity contribution in [3.8, 4) is 0 Å². The average Bonchev–Trinajstić information content (AvgIpc) is 2.79. The summed E-state index contributed by atoms with van der Waals surface area (Å²) in [5.74, 6) is 1.12. The first-order valence-electron chi connectivity index (χ1n) is 5.39. The van der Waals surface area contributed by atoms with E-state index in [0.29, 0.717) is 18.4 Å². The van der Waals surface area contributed by atoms with Crippen LogP contribution in [0.25, 0.3) is 0 Å². The molecule has 2 rings (SSSR count). The first kappa shape index (κ1) is 12.6. The van der Waals surface area contributed by atoms with Crippen molar-refractivity contribution >= 4 is 39.4 Å². The molecule has 1 N–H and O–H groups in total. The van der Waals surface area contributed by atoms with Gasteiger partial charge in [-0.1, -0.05) is 22.5 Å². The zero-order chi connectivity index (χ0) is 12.3. The minimum absolute atomic E-state index is 0.213. The monoisotopic (exact) mass is 317 g/mol. The molecule has 1 aromatic rings. The molecule has 1 aliphatic heterocycles. The van der Waals surface area contributed by atoms with Gasteiger partial charge >= 0.3 is 0 Å². The Morgan fingerprint density at radius 2 is 2.06 bits per heavy atom. The molecule has 1 saturated heterocycles. The topological polar surface area (TPSA) is 53.9 Å². The predicted molar refractivity (Wildman–Crippen MR) is 72.8 cm³/mol. The summed E-state index contributed by atoms with van der Waals surface area (Å²) in [4.78, 5) is 14.6. The first-order chi connectivity index (χ1) is 8.15. The number of rotatable bonds is 4. The Morgan fingerprint density at radius 1 is 1.35 bits per heavy atom. The molecule has 0 amide bonds. The summed E-state index contributed by atoms with van der Waals surface area (Å²) in [6.07, 6.45) is 2.34. The smallest absolute Gasteiger partial charge is 0.231 e. The van der Waals surface area contributed by atoms with Gasteiger partial charge in [0, 0.05) is 24.1 Å². The van der Waals surface area contributed by atoms with E-state index in [0.717, 1.165) is 17.6 Å². The van der Waals surface area contributed by atoms with Crippen molar-refractivity contribution in [3.05, 3.63) is 16.3 Å². The Balaban J connectivity index is 2.13. The van der Waals surface area contributed by atoms with Gasteiger partial charge in [0.2, 0.25) is 17.2 Å². The molecule has 0 aromatic carbocycles. The lowest BCUT2D eigenvalue weighted by atomic mass is 10.4. The fraction of sp³-hybridized carbons (Fsp3) is 0.500. The SMILES string of the molecule is C=C(Br)CNc1nc(Cl)nc(N2CCCC2)n1. The number of nitrogens with one attached hydrogen (secondary N) is 1. The zero-order valence-electron chi connectivity index (χ0n) is 9.29. The van der Waals surface area contributed by atoms with E-state index < -0.39 is 0 Å². The fourth-order valence-corrected chi connectivity index (χ4v) is 1.95. The zero-order valence-corrected chi connectivity index (χ0v) is 11.6. The van der Waals surface area contributed by atoms with Crippen LogP contribution in [0.4, 0.5) is 11.9 Å². The highest BCUT2D eigenvalue weighted by Crippen LogP contribution is 2.18. The molecule has 0 atom stereocenters. The molecule has 17 heavy (non-hydrogen) atoms. The van der Waals surface area contributed by atoms with Crippen LogP contribution in [0.2, 0.25) is 5.28 Å². The first-order valence-corrected chi connectivity index (χ1v) is 6.56. The van der Waals surface area contributed by atoms with E-state index in [9.17, 15) is 0 Å². The maximum atomic E-state index is 5.88. The lowest BCUT2D eigenvalue weighted by Gasteiger charge is -2.15. The number of nitrogens with zero attached hydrogens (tertiary/aromatic N) is 4. The van der Waals surface area contributed by atoms with Crippen molar-refractivity contribution in [2.75, 3.05) is 29.9 Å². The second-order valence-electron chi connectivity index (χ2n) is 3.79. The Bertz CT molecular complexity index is 419. The maximum Gasteiger partial charge on any atom is 0.231 e. The molecule has 7 heteroatoms. The molecule has 0 radical (unpaired) electrons. The summed E-state index contributed by atoms with van der Waals surface area (Å²) in [7, 11) is 0. The number of anilines is 2. The third-order valence-electron chi connectivity index (χ3n) is 2.42. The van der Waals surface area contributed by atoms with Crippen LogP contribution < -0.4 is 10.2 Å². The van der Waals surface area contributed by atoms with E-state index in [1.165, 1.54) is 12.8 Å². The van der Waals surface area contributed by atoms with Gasteiger partial charge in [-0.15, -0.1) is 0 Å². The van der Waals surface area contributed by atoms with Crippen LogP contribution >= 0.6 is 27.5 Å². The second-order valence-corrected chi connectivity index (χ2v) is 5.25. The van der Waals surface area contributed by atoms with Crippen molar-refractivity contribution in [2.45, 2.75) is 12.8 Å². The summed E-state index contributed by atoms with van der Waals surface area (Å²) < 4.78 is 0.830. The third kappa shape index (κ3) is 3.54. The molecule has 2 heterocycles. The van der Waals surface area contributed by atoms with Crippen molar-refractivity contribution in [1.82, 2.24) is 15.0 Å². The Morgan fingerprint density at radius 3 is 2.71 bits per heavy atom. The lowest BCUT2D eigenvalue weighted by Crippen LogP contribution is -2.21. The molecule has 0 bridgehead atoms. The number of hydrogen-bond donors (Lipinski definition) is 1. The number of halogens is 2. The van der Waals surface area contributed by atoms with E-state index in [4.69, 9.17) is 11.6 Å². The molecule has 0 aliphatic carbocycles. The van der Waals surface area contributed by atoms with Crippen molar-refractivity contribution in [3.63, 3.8) is 0 Å². The van der Waals surface area contributed by atoms with Gasteiger partial charge in [-0.2, -0.15) is 15.0 Å². The predicted octanol–water partition coefficient (Wildman–Crippen LogP) is 2.45. The third-order valence-corrected chi connectivity index (χ3v) is 2.87. The molecule has 92 valence electrons. The highest BCUT2D eigenvalue weighted by molar-refractivity contribution is 9.11. The van der Waals surface area contributed by atoms with Crippen LogP contribution in [0, 0.1) is 0 Å². The van der Waals surface area contributed by atoms with Crippen LogP contribution in [0.15, 0.2) is 11.1 Å². The summed E-state index contributed by atoms with van der Waals surface area (Å²) in [6.45, 7) is 6.24. The quantitative estimate of drug-likeness (QED) is 0.924. The molecule has 0 saturated carbocycles. The molecule has 1 aliphatic rings.